The standard InChI is InChI=1S/C26H25NO4S/c1-16-7-11-20(12-8-16)32(30)26-21(13-14-22(26)28)23(25(29)31-2)27-24(26)19-10-9-17-5-3-4-6-18(17)15-19/h3-12,15,21,23-24,27H,13-14H2,1-2H3/t21-,23-,24-,26-,32?/m0/s1. The van der Waals surface area contributed by atoms with E-state index in [2.05, 4.69) is 5.32 Å². The summed E-state index contributed by atoms with van der Waals surface area (Å²) in [6.07, 6.45) is 0.814. The fraction of sp³-hybridized carbons (Fsp3) is 0.308. The molecule has 5 nitrogen and oxygen atoms in total. The van der Waals surface area contributed by atoms with Crippen LogP contribution in [0.15, 0.2) is 71.6 Å². The van der Waals surface area contributed by atoms with E-state index in [4.69, 9.17) is 4.74 Å². The summed E-state index contributed by atoms with van der Waals surface area (Å²) in [5, 5.41) is 5.49. The monoisotopic (exact) mass is 447 g/mol. The fourth-order valence-corrected chi connectivity index (χ4v) is 7.44. The van der Waals surface area contributed by atoms with Crippen LogP contribution in [0, 0.1) is 12.8 Å². The minimum absolute atomic E-state index is 0.0570. The van der Waals surface area contributed by atoms with E-state index in [-0.39, 0.29) is 5.78 Å². The highest BCUT2D eigenvalue weighted by Crippen LogP contribution is 2.54. The second-order valence-corrected chi connectivity index (χ2v) is 10.3. The van der Waals surface area contributed by atoms with Gasteiger partial charge in [0.1, 0.15) is 10.8 Å². The second kappa shape index (κ2) is 7.94. The van der Waals surface area contributed by atoms with Crippen LogP contribution in [-0.2, 0) is 25.1 Å². The van der Waals surface area contributed by atoms with Crippen LogP contribution < -0.4 is 5.32 Å². The van der Waals surface area contributed by atoms with Gasteiger partial charge in [0.05, 0.1) is 24.0 Å². The van der Waals surface area contributed by atoms with E-state index in [0.717, 1.165) is 21.9 Å². The summed E-state index contributed by atoms with van der Waals surface area (Å²) in [7, 11) is -0.297. The van der Waals surface area contributed by atoms with Crippen molar-refractivity contribution in [2.24, 2.45) is 5.92 Å². The van der Waals surface area contributed by atoms with Crippen LogP contribution in [0.3, 0.4) is 0 Å². The third kappa shape index (κ3) is 3.05. The van der Waals surface area contributed by atoms with Gasteiger partial charge in [-0.1, -0.05) is 54.1 Å². The van der Waals surface area contributed by atoms with Crippen molar-refractivity contribution in [2.45, 2.75) is 41.5 Å². The summed E-state index contributed by atoms with van der Waals surface area (Å²) >= 11 is 0. The number of ketones is 1. The first kappa shape index (κ1) is 21.0. The molecule has 5 atom stereocenters. The maximum atomic E-state index is 14.2. The van der Waals surface area contributed by atoms with Crippen LogP contribution in [0.5, 0.6) is 0 Å². The molecule has 2 aliphatic rings. The van der Waals surface area contributed by atoms with Gasteiger partial charge in [0.15, 0.2) is 5.78 Å². The third-order valence-corrected chi connectivity index (χ3v) is 9.03. The molecule has 5 rings (SSSR count). The summed E-state index contributed by atoms with van der Waals surface area (Å²) in [5.41, 5.74) is 1.91. The average Bonchev–Trinajstić information content (AvgIpc) is 3.34. The molecular weight excluding hydrogens is 422 g/mol. The smallest absolute Gasteiger partial charge is 0.323 e. The van der Waals surface area contributed by atoms with Crippen molar-refractivity contribution in [3.05, 3.63) is 77.9 Å². The maximum absolute atomic E-state index is 14.2. The van der Waals surface area contributed by atoms with Gasteiger partial charge in [-0.05, 0) is 47.9 Å². The first-order valence-electron chi connectivity index (χ1n) is 10.8. The first-order valence-corrected chi connectivity index (χ1v) is 12.0. The molecule has 1 aliphatic heterocycles. The molecule has 0 bridgehead atoms. The van der Waals surface area contributed by atoms with E-state index < -0.39 is 39.5 Å². The van der Waals surface area contributed by atoms with Crippen molar-refractivity contribution in [3.8, 4) is 0 Å². The number of ether oxygens (including phenoxy) is 1. The zero-order chi connectivity index (χ0) is 22.5. The van der Waals surface area contributed by atoms with E-state index in [1.165, 1.54) is 7.11 Å². The van der Waals surface area contributed by atoms with Crippen LogP contribution in [0.2, 0.25) is 0 Å². The number of hydrogen-bond donors (Lipinski definition) is 1. The Kier molecular flexibility index (Phi) is 5.22. The largest absolute Gasteiger partial charge is 0.468 e. The molecule has 2 fully saturated rings. The van der Waals surface area contributed by atoms with Crippen LogP contribution in [0.4, 0.5) is 0 Å². The topological polar surface area (TPSA) is 72.5 Å². The molecule has 1 heterocycles. The van der Waals surface area contributed by atoms with Gasteiger partial charge in [-0.2, -0.15) is 0 Å². The second-order valence-electron chi connectivity index (χ2n) is 8.65. The minimum Gasteiger partial charge on any atom is -0.468 e. The van der Waals surface area contributed by atoms with Crippen molar-refractivity contribution in [1.29, 1.82) is 0 Å². The number of benzene rings is 3. The average molecular weight is 448 g/mol. The highest BCUT2D eigenvalue weighted by atomic mass is 32.2. The lowest BCUT2D eigenvalue weighted by Gasteiger charge is -2.33. The zero-order valence-corrected chi connectivity index (χ0v) is 18.9. The first-order chi connectivity index (χ1) is 15.5. The van der Waals surface area contributed by atoms with Gasteiger partial charge in [0, 0.05) is 17.2 Å². The third-order valence-electron chi connectivity index (χ3n) is 6.95. The number of carbonyl (C=O) groups is 2. The lowest BCUT2D eigenvalue weighted by atomic mass is 9.85. The molecule has 0 aromatic heterocycles. The number of fused-ring (bicyclic) bond motifs is 2. The predicted molar refractivity (Wildman–Crippen MR) is 124 cm³/mol. The van der Waals surface area contributed by atoms with Gasteiger partial charge in [0.2, 0.25) is 0 Å². The Balaban J connectivity index is 1.70. The lowest BCUT2D eigenvalue weighted by Crippen LogP contribution is -2.48. The van der Waals surface area contributed by atoms with Gasteiger partial charge in [0.25, 0.3) is 0 Å². The molecule has 6 heteroatoms. The van der Waals surface area contributed by atoms with Crippen molar-refractivity contribution in [1.82, 2.24) is 5.32 Å². The number of Topliss-reactive ketones (excluding diaryl/α,β-unsaturated/α-hetero) is 1. The summed E-state index contributed by atoms with van der Waals surface area (Å²) in [6.45, 7) is 1.97. The van der Waals surface area contributed by atoms with E-state index in [0.29, 0.717) is 17.7 Å². The van der Waals surface area contributed by atoms with Crippen molar-refractivity contribution in [3.63, 3.8) is 0 Å². The number of carbonyl (C=O) groups excluding carboxylic acids is 2. The fourth-order valence-electron chi connectivity index (χ4n) is 5.41. The number of methoxy groups -OCH3 is 1. The molecule has 164 valence electrons. The number of esters is 1. The van der Waals surface area contributed by atoms with Crippen LogP contribution in [0.1, 0.15) is 30.0 Å². The maximum Gasteiger partial charge on any atom is 0.323 e. The number of aryl methyl sites for hydroxylation is 1. The summed E-state index contributed by atoms with van der Waals surface area (Å²) in [4.78, 5) is 26.9. The molecule has 1 unspecified atom stereocenters. The molecule has 0 amide bonds. The minimum atomic E-state index is -1.65. The molecule has 3 aromatic carbocycles. The zero-order valence-electron chi connectivity index (χ0n) is 18.0. The molecule has 3 aromatic rings. The Morgan fingerprint density at radius 3 is 2.50 bits per heavy atom. The SMILES string of the molecule is COC(=O)[C@H]1N[C@@H](c2ccc3ccccc3c2)[C@@]2(S(=O)c3ccc(C)cc3)C(=O)CC[C@@H]12. The number of nitrogens with one attached hydrogen (secondary N) is 1. The van der Waals surface area contributed by atoms with Crippen molar-refractivity contribution in [2.75, 3.05) is 7.11 Å². The number of rotatable bonds is 4. The summed E-state index contributed by atoms with van der Waals surface area (Å²) < 4.78 is 18.0. The molecule has 0 spiro atoms. The van der Waals surface area contributed by atoms with Crippen molar-refractivity contribution < 1.29 is 18.5 Å². The Hall–Kier alpha value is -2.83. The van der Waals surface area contributed by atoms with Gasteiger partial charge in [-0.25, -0.2) is 0 Å². The highest BCUT2D eigenvalue weighted by Gasteiger charge is 2.67. The Labute approximate surface area is 189 Å². The van der Waals surface area contributed by atoms with Gasteiger partial charge in [-0.15, -0.1) is 0 Å². The normalized spacial score (nSPS) is 27.9. The molecule has 1 aliphatic carbocycles. The molecular formula is C26H25NO4S. The lowest BCUT2D eigenvalue weighted by molar-refractivity contribution is -0.143. The van der Waals surface area contributed by atoms with Gasteiger partial charge in [-0.3, -0.25) is 19.1 Å². The molecule has 1 N–H and O–H groups in total. The van der Waals surface area contributed by atoms with E-state index in [9.17, 15) is 13.8 Å². The van der Waals surface area contributed by atoms with Crippen LogP contribution in [-0.4, -0.2) is 33.9 Å². The molecule has 1 saturated heterocycles. The molecule has 32 heavy (non-hydrogen) atoms. The highest BCUT2D eigenvalue weighted by molar-refractivity contribution is 7.87. The molecule has 1 saturated carbocycles. The van der Waals surface area contributed by atoms with Crippen LogP contribution in [0.25, 0.3) is 10.8 Å². The van der Waals surface area contributed by atoms with Gasteiger partial charge < -0.3 is 4.74 Å². The Bertz CT molecular complexity index is 1240. The van der Waals surface area contributed by atoms with Crippen molar-refractivity contribution >= 4 is 33.3 Å². The van der Waals surface area contributed by atoms with E-state index >= 15 is 0 Å². The van der Waals surface area contributed by atoms with E-state index in [1.54, 1.807) is 0 Å². The van der Waals surface area contributed by atoms with Gasteiger partial charge >= 0.3 is 5.97 Å². The summed E-state index contributed by atoms with van der Waals surface area (Å²) in [6, 6.07) is 20.2. The van der Waals surface area contributed by atoms with E-state index in [1.807, 2.05) is 73.7 Å². The number of hydrogen-bond acceptors (Lipinski definition) is 5. The predicted octanol–water partition coefficient (Wildman–Crippen LogP) is 3.86. The quantitative estimate of drug-likeness (QED) is 0.615. The summed E-state index contributed by atoms with van der Waals surface area (Å²) in [5.74, 6) is -0.877. The Morgan fingerprint density at radius 1 is 1.06 bits per heavy atom. The molecule has 0 radical (unpaired) electrons. The van der Waals surface area contributed by atoms with Crippen LogP contribution >= 0.6 is 0 Å². The Morgan fingerprint density at radius 2 is 1.78 bits per heavy atom.